The third-order valence-corrected chi connectivity index (χ3v) is 5.36. The van der Waals surface area contributed by atoms with Crippen LogP contribution < -0.4 is 20.9 Å². The Labute approximate surface area is 205 Å². The molecule has 0 aliphatic heterocycles. The summed E-state index contributed by atoms with van der Waals surface area (Å²) in [7, 11) is 0. The fraction of sp³-hybridized carbons (Fsp3) is 0.222. The molecule has 0 aromatic heterocycles. The molecule has 6 nitrogen and oxygen atoms in total. The van der Waals surface area contributed by atoms with Crippen LogP contribution in [0, 0.1) is 0 Å². The second-order valence-corrected chi connectivity index (χ2v) is 8.15. The first-order chi connectivity index (χ1) is 16.6. The molecule has 3 N–H and O–H groups in total. The van der Waals surface area contributed by atoms with Crippen molar-refractivity contribution >= 4 is 29.1 Å². The van der Waals surface area contributed by atoms with Gasteiger partial charge in [0.2, 0.25) is 0 Å². The van der Waals surface area contributed by atoms with E-state index in [9.17, 15) is 9.59 Å². The molecule has 0 heterocycles. The summed E-state index contributed by atoms with van der Waals surface area (Å²) in [5, 5.41) is 2.54. The number of hydrazine groups is 1. The average Bonchev–Trinajstić information content (AvgIpc) is 2.88. The van der Waals surface area contributed by atoms with E-state index in [1.54, 1.807) is 36.4 Å². The van der Waals surface area contributed by atoms with E-state index in [4.69, 9.17) is 17.0 Å². The molecule has 3 aromatic carbocycles. The van der Waals surface area contributed by atoms with Crippen molar-refractivity contribution in [3.05, 3.63) is 90.0 Å². The van der Waals surface area contributed by atoms with Gasteiger partial charge in [0, 0.05) is 11.1 Å². The number of benzene rings is 3. The Balaban J connectivity index is 1.42. The molecular formula is C27H29N3O3S. The Hall–Kier alpha value is -3.71. The number of rotatable bonds is 9. The SMILES string of the molecule is CCCCCCOc1ccc(C(=O)NC(=S)NNC(=O)c2ccc(-c3ccccc3)cc2)cc1. The predicted octanol–water partition coefficient (Wildman–Crippen LogP) is 5.26. The number of amides is 2. The highest BCUT2D eigenvalue weighted by Crippen LogP contribution is 2.19. The van der Waals surface area contributed by atoms with Crippen LogP contribution in [0.5, 0.6) is 5.75 Å². The van der Waals surface area contributed by atoms with Crippen molar-refractivity contribution in [3.63, 3.8) is 0 Å². The van der Waals surface area contributed by atoms with E-state index in [1.807, 2.05) is 42.5 Å². The van der Waals surface area contributed by atoms with Crippen LogP contribution in [-0.4, -0.2) is 23.5 Å². The van der Waals surface area contributed by atoms with Gasteiger partial charge in [-0.1, -0.05) is 68.7 Å². The third-order valence-electron chi connectivity index (χ3n) is 5.15. The van der Waals surface area contributed by atoms with Crippen LogP contribution in [0.3, 0.4) is 0 Å². The van der Waals surface area contributed by atoms with Crippen LogP contribution >= 0.6 is 12.2 Å². The maximum atomic E-state index is 12.4. The number of hydrogen-bond donors (Lipinski definition) is 3. The Morgan fingerprint density at radius 1 is 0.735 bits per heavy atom. The zero-order valence-electron chi connectivity index (χ0n) is 19.2. The van der Waals surface area contributed by atoms with E-state index in [-0.39, 0.29) is 16.9 Å². The molecule has 7 heteroatoms. The van der Waals surface area contributed by atoms with E-state index in [1.165, 1.54) is 12.8 Å². The minimum atomic E-state index is -0.381. The summed E-state index contributed by atoms with van der Waals surface area (Å²) < 4.78 is 5.69. The Kier molecular flexibility index (Phi) is 9.61. The zero-order valence-corrected chi connectivity index (χ0v) is 20.0. The van der Waals surface area contributed by atoms with Crippen molar-refractivity contribution in [3.8, 4) is 16.9 Å². The minimum Gasteiger partial charge on any atom is -0.494 e. The first kappa shape index (κ1) is 24.9. The summed E-state index contributed by atoms with van der Waals surface area (Å²) in [6.45, 7) is 2.83. The first-order valence-corrected chi connectivity index (χ1v) is 11.8. The molecular weight excluding hydrogens is 446 g/mol. The number of hydrogen-bond acceptors (Lipinski definition) is 4. The van der Waals surface area contributed by atoms with E-state index in [0.29, 0.717) is 17.7 Å². The normalized spacial score (nSPS) is 10.3. The highest BCUT2D eigenvalue weighted by atomic mass is 32.1. The van der Waals surface area contributed by atoms with Crippen LogP contribution in [0.25, 0.3) is 11.1 Å². The molecule has 0 aliphatic carbocycles. The van der Waals surface area contributed by atoms with E-state index >= 15 is 0 Å². The van der Waals surface area contributed by atoms with Gasteiger partial charge >= 0.3 is 0 Å². The molecule has 0 saturated carbocycles. The second kappa shape index (κ2) is 13.1. The molecule has 0 atom stereocenters. The Bertz CT molecular complexity index is 1080. The standard InChI is InChI=1S/C27H29N3O3S/c1-2-3-4-8-19-33-24-17-15-22(16-18-24)25(31)28-27(34)30-29-26(32)23-13-11-21(12-14-23)20-9-6-5-7-10-20/h5-7,9-18H,2-4,8,19H2,1H3,(H,29,32)(H2,28,30,31,34). The van der Waals surface area contributed by atoms with Gasteiger partial charge in [-0.3, -0.25) is 25.8 Å². The molecule has 0 radical (unpaired) electrons. The lowest BCUT2D eigenvalue weighted by Gasteiger charge is -2.11. The lowest BCUT2D eigenvalue weighted by molar-refractivity contribution is 0.0934. The van der Waals surface area contributed by atoms with Gasteiger partial charge in [-0.2, -0.15) is 0 Å². The van der Waals surface area contributed by atoms with E-state index in [0.717, 1.165) is 29.7 Å². The van der Waals surface area contributed by atoms with Crippen molar-refractivity contribution < 1.29 is 14.3 Å². The minimum absolute atomic E-state index is 0.00416. The monoisotopic (exact) mass is 475 g/mol. The Morgan fingerprint density at radius 3 is 2.03 bits per heavy atom. The molecule has 0 unspecified atom stereocenters. The van der Waals surface area contributed by atoms with E-state index < -0.39 is 0 Å². The summed E-state index contributed by atoms with van der Waals surface area (Å²) in [5.41, 5.74) is 8.04. The molecule has 0 spiro atoms. The van der Waals surface area contributed by atoms with Gasteiger partial charge < -0.3 is 4.74 Å². The van der Waals surface area contributed by atoms with Gasteiger partial charge in [-0.05, 0) is 66.2 Å². The van der Waals surface area contributed by atoms with Gasteiger partial charge in [-0.15, -0.1) is 0 Å². The van der Waals surface area contributed by atoms with Crippen molar-refractivity contribution in [2.24, 2.45) is 0 Å². The van der Waals surface area contributed by atoms with E-state index in [2.05, 4.69) is 23.1 Å². The molecule has 3 aromatic rings. The van der Waals surface area contributed by atoms with Gasteiger partial charge in [0.25, 0.3) is 11.8 Å². The molecule has 0 bridgehead atoms. The lowest BCUT2D eigenvalue weighted by Crippen LogP contribution is -2.48. The number of carbonyl (C=O) groups excluding carboxylic acids is 2. The quantitative estimate of drug-likeness (QED) is 0.223. The molecule has 2 amide bonds. The maximum Gasteiger partial charge on any atom is 0.269 e. The maximum absolute atomic E-state index is 12.4. The second-order valence-electron chi connectivity index (χ2n) is 7.74. The topological polar surface area (TPSA) is 79.5 Å². The van der Waals surface area contributed by atoms with Gasteiger partial charge in [0.05, 0.1) is 6.61 Å². The van der Waals surface area contributed by atoms with Crippen LogP contribution in [0.15, 0.2) is 78.9 Å². The number of unbranched alkanes of at least 4 members (excludes halogenated alkanes) is 3. The van der Waals surface area contributed by atoms with Crippen LogP contribution in [-0.2, 0) is 0 Å². The fourth-order valence-electron chi connectivity index (χ4n) is 3.26. The first-order valence-electron chi connectivity index (χ1n) is 11.4. The van der Waals surface area contributed by atoms with Crippen molar-refractivity contribution in [2.45, 2.75) is 32.6 Å². The molecule has 3 rings (SSSR count). The highest BCUT2D eigenvalue weighted by Gasteiger charge is 2.10. The van der Waals surface area contributed by atoms with Crippen molar-refractivity contribution in [1.82, 2.24) is 16.2 Å². The number of carbonyl (C=O) groups is 2. The third kappa shape index (κ3) is 7.71. The summed E-state index contributed by atoms with van der Waals surface area (Å²) >= 11 is 5.12. The average molecular weight is 476 g/mol. The lowest BCUT2D eigenvalue weighted by atomic mass is 10.0. The fourth-order valence-corrected chi connectivity index (χ4v) is 3.40. The molecule has 0 saturated heterocycles. The smallest absolute Gasteiger partial charge is 0.269 e. The zero-order chi connectivity index (χ0) is 24.2. The number of thiocarbonyl (C=S) groups is 1. The molecule has 0 aliphatic rings. The molecule has 34 heavy (non-hydrogen) atoms. The van der Waals surface area contributed by atoms with Crippen molar-refractivity contribution in [1.29, 1.82) is 0 Å². The number of nitrogens with one attached hydrogen (secondary N) is 3. The number of ether oxygens (including phenoxy) is 1. The predicted molar refractivity (Wildman–Crippen MR) is 139 cm³/mol. The van der Waals surface area contributed by atoms with Gasteiger partial charge in [-0.25, -0.2) is 0 Å². The summed E-state index contributed by atoms with van der Waals surface area (Å²) in [6.07, 6.45) is 4.55. The van der Waals surface area contributed by atoms with Crippen molar-refractivity contribution in [2.75, 3.05) is 6.61 Å². The largest absolute Gasteiger partial charge is 0.494 e. The Morgan fingerprint density at radius 2 is 1.35 bits per heavy atom. The summed E-state index contributed by atoms with van der Waals surface area (Å²) in [6, 6.07) is 24.0. The molecule has 0 fully saturated rings. The van der Waals surface area contributed by atoms with Crippen LogP contribution in [0.4, 0.5) is 0 Å². The van der Waals surface area contributed by atoms with Gasteiger partial charge in [0.1, 0.15) is 5.75 Å². The highest BCUT2D eigenvalue weighted by molar-refractivity contribution is 7.80. The van der Waals surface area contributed by atoms with Crippen LogP contribution in [0.2, 0.25) is 0 Å². The molecule has 176 valence electrons. The van der Waals surface area contributed by atoms with Gasteiger partial charge in [0.15, 0.2) is 5.11 Å². The van der Waals surface area contributed by atoms with Crippen LogP contribution in [0.1, 0.15) is 53.3 Å². The summed E-state index contributed by atoms with van der Waals surface area (Å²) in [5.74, 6) is -0.0237. The summed E-state index contributed by atoms with van der Waals surface area (Å²) in [4.78, 5) is 24.8.